The number of pyridine rings is 1. The lowest BCUT2D eigenvalue weighted by Gasteiger charge is -2.36. The van der Waals surface area contributed by atoms with E-state index in [1.54, 1.807) is 6.20 Å². The van der Waals surface area contributed by atoms with Gasteiger partial charge in [-0.25, -0.2) is 0 Å². The van der Waals surface area contributed by atoms with E-state index in [-0.39, 0.29) is 17.4 Å². The zero-order valence-electron chi connectivity index (χ0n) is 14.0. The summed E-state index contributed by atoms with van der Waals surface area (Å²) in [5.41, 5.74) is 4.95. The molecule has 4 heteroatoms. The third-order valence-corrected chi connectivity index (χ3v) is 4.71. The number of rotatable bonds is 1. The molecule has 0 spiro atoms. The van der Waals surface area contributed by atoms with Gasteiger partial charge in [-0.3, -0.25) is 9.78 Å². The van der Waals surface area contributed by atoms with Crippen LogP contribution in [0.15, 0.2) is 60.1 Å². The SMILES string of the molecule is CC1(C)CC(=O)C2=C(Cc3ccccc3NC2c2cccnc2)N1. The minimum Gasteiger partial charge on any atom is -0.382 e. The van der Waals surface area contributed by atoms with E-state index in [4.69, 9.17) is 0 Å². The molecule has 4 rings (SSSR count). The molecular formula is C20H21N3O. The van der Waals surface area contributed by atoms with E-state index in [0.717, 1.165) is 28.9 Å². The van der Waals surface area contributed by atoms with Gasteiger partial charge >= 0.3 is 0 Å². The Morgan fingerprint density at radius 3 is 2.79 bits per heavy atom. The third-order valence-electron chi connectivity index (χ3n) is 4.71. The van der Waals surface area contributed by atoms with Crippen molar-refractivity contribution in [2.45, 2.75) is 38.3 Å². The molecule has 3 heterocycles. The summed E-state index contributed by atoms with van der Waals surface area (Å²) in [5, 5.41) is 7.18. The molecule has 0 saturated heterocycles. The molecule has 1 aromatic heterocycles. The number of Topliss-reactive ketones (excluding diaryl/α,β-unsaturated/α-hetero) is 1. The second kappa shape index (κ2) is 5.48. The van der Waals surface area contributed by atoms with Gasteiger partial charge < -0.3 is 10.6 Å². The van der Waals surface area contributed by atoms with E-state index in [1.807, 2.05) is 30.5 Å². The van der Waals surface area contributed by atoms with E-state index in [9.17, 15) is 4.79 Å². The maximum Gasteiger partial charge on any atom is 0.165 e. The molecule has 2 N–H and O–H groups in total. The lowest BCUT2D eigenvalue weighted by molar-refractivity contribution is -0.117. The first-order valence-electron chi connectivity index (χ1n) is 8.32. The van der Waals surface area contributed by atoms with Gasteiger partial charge in [-0.15, -0.1) is 0 Å². The van der Waals surface area contributed by atoms with Crippen LogP contribution in [0.25, 0.3) is 0 Å². The highest BCUT2D eigenvalue weighted by atomic mass is 16.1. The molecule has 2 aromatic rings. The number of ketones is 1. The molecule has 2 aliphatic rings. The zero-order valence-corrected chi connectivity index (χ0v) is 14.0. The number of hydrogen-bond acceptors (Lipinski definition) is 4. The van der Waals surface area contributed by atoms with Crippen LogP contribution in [-0.2, 0) is 11.2 Å². The summed E-state index contributed by atoms with van der Waals surface area (Å²) in [4.78, 5) is 17.2. The minimum atomic E-state index is -0.214. The average molecular weight is 319 g/mol. The number of allylic oxidation sites excluding steroid dienone is 1. The van der Waals surface area contributed by atoms with E-state index < -0.39 is 0 Å². The third kappa shape index (κ3) is 2.58. The number of fused-ring (bicyclic) bond motifs is 1. The van der Waals surface area contributed by atoms with Crippen LogP contribution in [0.5, 0.6) is 0 Å². The van der Waals surface area contributed by atoms with Gasteiger partial charge in [-0.1, -0.05) is 24.3 Å². The van der Waals surface area contributed by atoms with Crippen molar-refractivity contribution in [3.8, 4) is 0 Å². The first-order chi connectivity index (χ1) is 11.5. The minimum absolute atomic E-state index is 0.173. The number of aromatic nitrogens is 1. The fourth-order valence-corrected chi connectivity index (χ4v) is 3.69. The number of carbonyl (C=O) groups is 1. The Bertz CT molecular complexity index is 824. The highest BCUT2D eigenvalue weighted by Gasteiger charge is 2.38. The predicted molar refractivity (Wildman–Crippen MR) is 94.6 cm³/mol. The van der Waals surface area contributed by atoms with Crippen molar-refractivity contribution in [3.05, 3.63) is 71.2 Å². The van der Waals surface area contributed by atoms with Gasteiger partial charge in [0.2, 0.25) is 0 Å². The van der Waals surface area contributed by atoms with Crippen LogP contribution in [0.1, 0.15) is 37.4 Å². The smallest absolute Gasteiger partial charge is 0.165 e. The molecule has 2 aliphatic heterocycles. The summed E-state index contributed by atoms with van der Waals surface area (Å²) in [5.74, 6) is 0.211. The topological polar surface area (TPSA) is 54.0 Å². The number of nitrogens with one attached hydrogen (secondary N) is 2. The van der Waals surface area contributed by atoms with Gasteiger partial charge in [0.05, 0.1) is 6.04 Å². The van der Waals surface area contributed by atoms with Crippen LogP contribution in [0.3, 0.4) is 0 Å². The first kappa shape index (κ1) is 14.9. The molecule has 4 nitrogen and oxygen atoms in total. The maximum absolute atomic E-state index is 13.0. The van der Waals surface area contributed by atoms with Crippen molar-refractivity contribution < 1.29 is 4.79 Å². The van der Waals surface area contributed by atoms with Crippen LogP contribution in [0.2, 0.25) is 0 Å². The highest BCUT2D eigenvalue weighted by molar-refractivity contribution is 6.00. The molecule has 0 bridgehead atoms. The van der Waals surface area contributed by atoms with Crippen LogP contribution >= 0.6 is 0 Å². The van der Waals surface area contributed by atoms with Crippen molar-refractivity contribution in [1.82, 2.24) is 10.3 Å². The Morgan fingerprint density at radius 1 is 1.17 bits per heavy atom. The molecule has 24 heavy (non-hydrogen) atoms. The quantitative estimate of drug-likeness (QED) is 0.846. The monoisotopic (exact) mass is 319 g/mol. The summed E-state index contributed by atoms with van der Waals surface area (Å²) < 4.78 is 0. The normalized spacial score (nSPS) is 21.9. The van der Waals surface area contributed by atoms with Gasteiger partial charge in [-0.05, 0) is 37.1 Å². The molecule has 1 aromatic carbocycles. The maximum atomic E-state index is 13.0. The predicted octanol–water partition coefficient (Wildman–Crippen LogP) is 3.39. The van der Waals surface area contributed by atoms with Crippen molar-refractivity contribution in [2.24, 2.45) is 0 Å². The largest absolute Gasteiger partial charge is 0.382 e. The van der Waals surface area contributed by atoms with Gasteiger partial charge in [0.1, 0.15) is 0 Å². The molecule has 1 unspecified atom stereocenters. The summed E-state index contributed by atoms with van der Waals surface area (Å²) in [6.45, 7) is 4.16. The summed E-state index contributed by atoms with van der Waals surface area (Å²) in [6.07, 6.45) is 4.84. The van der Waals surface area contributed by atoms with Gasteiger partial charge in [-0.2, -0.15) is 0 Å². The number of anilines is 1. The number of benzene rings is 1. The molecule has 0 saturated carbocycles. The summed E-state index contributed by atoms with van der Waals surface area (Å²) in [7, 11) is 0. The summed E-state index contributed by atoms with van der Waals surface area (Å²) in [6, 6.07) is 12.0. The van der Waals surface area contributed by atoms with E-state index in [2.05, 4.69) is 41.6 Å². The Labute approximate surface area is 142 Å². The Balaban J connectivity index is 1.89. The van der Waals surface area contributed by atoms with Gasteiger partial charge in [0.25, 0.3) is 0 Å². The Kier molecular flexibility index (Phi) is 3.41. The number of carbonyl (C=O) groups excluding carboxylic acids is 1. The number of para-hydroxylation sites is 1. The van der Waals surface area contributed by atoms with Crippen molar-refractivity contribution in [1.29, 1.82) is 0 Å². The van der Waals surface area contributed by atoms with Crippen LogP contribution in [-0.4, -0.2) is 16.3 Å². The lowest BCUT2D eigenvalue weighted by atomic mass is 9.83. The first-order valence-corrected chi connectivity index (χ1v) is 8.32. The molecule has 122 valence electrons. The van der Waals surface area contributed by atoms with E-state index in [0.29, 0.717) is 6.42 Å². The lowest BCUT2D eigenvalue weighted by Crippen LogP contribution is -2.47. The standard InChI is InChI=1S/C20H21N3O/c1-20(2)11-17(24)18-16(23-20)10-13-6-3-4-8-15(13)22-19(18)14-7-5-9-21-12-14/h3-9,12,19,22-23H,10-11H2,1-2H3. The molecule has 0 amide bonds. The number of nitrogens with zero attached hydrogens (tertiary/aromatic N) is 1. The Hall–Kier alpha value is -2.62. The molecule has 0 aliphatic carbocycles. The van der Waals surface area contributed by atoms with Crippen LogP contribution < -0.4 is 10.6 Å². The highest BCUT2D eigenvalue weighted by Crippen LogP contribution is 2.38. The van der Waals surface area contributed by atoms with Crippen molar-refractivity contribution in [3.63, 3.8) is 0 Å². The zero-order chi connectivity index (χ0) is 16.7. The average Bonchev–Trinajstić information content (AvgIpc) is 2.70. The molecule has 0 fully saturated rings. The van der Waals surface area contributed by atoms with Gasteiger partial charge in [0, 0.05) is 47.7 Å². The molecule has 0 radical (unpaired) electrons. The fourth-order valence-electron chi connectivity index (χ4n) is 3.69. The summed E-state index contributed by atoms with van der Waals surface area (Å²) >= 11 is 0. The second-order valence-electron chi connectivity index (χ2n) is 7.20. The van der Waals surface area contributed by atoms with Crippen LogP contribution in [0, 0.1) is 0 Å². The molecule has 1 atom stereocenters. The second-order valence-corrected chi connectivity index (χ2v) is 7.20. The molecular weight excluding hydrogens is 298 g/mol. The van der Waals surface area contributed by atoms with Gasteiger partial charge in [0.15, 0.2) is 5.78 Å². The number of hydrogen-bond donors (Lipinski definition) is 2. The Morgan fingerprint density at radius 2 is 2.00 bits per heavy atom. The van der Waals surface area contributed by atoms with E-state index in [1.165, 1.54) is 5.56 Å². The van der Waals surface area contributed by atoms with Crippen molar-refractivity contribution >= 4 is 11.5 Å². The fraction of sp³-hybridized carbons (Fsp3) is 0.300. The van der Waals surface area contributed by atoms with Crippen LogP contribution in [0.4, 0.5) is 5.69 Å². The van der Waals surface area contributed by atoms with Crippen molar-refractivity contribution in [2.75, 3.05) is 5.32 Å². The van der Waals surface area contributed by atoms with E-state index >= 15 is 0 Å².